The van der Waals surface area contributed by atoms with Crippen LogP contribution in [0.25, 0.3) is 0 Å². The van der Waals surface area contributed by atoms with E-state index in [-0.39, 0.29) is 5.92 Å². The lowest BCUT2D eigenvalue weighted by Gasteiger charge is -2.40. The molecule has 1 heterocycles. The number of benzene rings is 1. The summed E-state index contributed by atoms with van der Waals surface area (Å²) in [5.74, 6) is -0.716. The molecule has 0 saturated carbocycles. The van der Waals surface area contributed by atoms with Crippen LogP contribution in [0.15, 0.2) is 47.6 Å². The van der Waals surface area contributed by atoms with Gasteiger partial charge in [0.1, 0.15) is 0 Å². The summed E-state index contributed by atoms with van der Waals surface area (Å²) in [7, 11) is 2.05. The fraction of sp³-hybridized carbons (Fsp3) is 0.353. The molecular weight excluding hydrogens is 321 g/mol. The molecule has 0 radical (unpaired) electrons. The van der Waals surface area contributed by atoms with Gasteiger partial charge in [-0.05, 0) is 42.8 Å². The van der Waals surface area contributed by atoms with Crippen LogP contribution in [0.5, 0.6) is 0 Å². The number of hydrogen-bond donors (Lipinski definition) is 1. The largest absolute Gasteiger partial charge is 0.478 e. The van der Waals surface area contributed by atoms with Crippen LogP contribution < -0.4 is 0 Å². The van der Waals surface area contributed by atoms with E-state index in [4.69, 9.17) is 28.3 Å². The van der Waals surface area contributed by atoms with E-state index in [9.17, 15) is 4.79 Å². The molecule has 116 valence electrons. The lowest BCUT2D eigenvalue weighted by atomic mass is 9.79. The highest BCUT2D eigenvalue weighted by Crippen LogP contribution is 2.45. The standard InChI is InChI=1S/C17H17Cl2NO2/c1-20-9-14(11-4-6-12(7-5-11)16(21)22)13-3-2-8-17(18,19)15(13)10-20/h2,4-8,14H,3,9-10H2,1H3,(H,21,22). The van der Waals surface area contributed by atoms with Gasteiger partial charge >= 0.3 is 5.97 Å². The molecule has 22 heavy (non-hydrogen) atoms. The van der Waals surface area contributed by atoms with Crippen molar-refractivity contribution in [3.63, 3.8) is 0 Å². The van der Waals surface area contributed by atoms with Crippen LogP contribution >= 0.6 is 23.2 Å². The van der Waals surface area contributed by atoms with Gasteiger partial charge in [0.05, 0.1) is 5.56 Å². The summed E-state index contributed by atoms with van der Waals surface area (Å²) < 4.78 is -0.943. The highest BCUT2D eigenvalue weighted by Gasteiger charge is 2.38. The maximum atomic E-state index is 11.0. The maximum Gasteiger partial charge on any atom is 0.335 e. The van der Waals surface area contributed by atoms with Crippen LogP contribution in [-0.2, 0) is 0 Å². The van der Waals surface area contributed by atoms with Crippen molar-refractivity contribution in [2.75, 3.05) is 20.1 Å². The number of aromatic carboxylic acids is 1. The molecule has 0 amide bonds. The Bertz CT molecular complexity index is 662. The zero-order valence-corrected chi connectivity index (χ0v) is 13.7. The van der Waals surface area contributed by atoms with E-state index in [1.807, 2.05) is 31.3 Å². The number of carboxylic acids is 1. The van der Waals surface area contributed by atoms with Gasteiger partial charge in [-0.25, -0.2) is 4.79 Å². The normalized spacial score (nSPS) is 24.2. The van der Waals surface area contributed by atoms with E-state index in [2.05, 4.69) is 4.90 Å². The van der Waals surface area contributed by atoms with Gasteiger partial charge in [0.25, 0.3) is 0 Å². The molecule has 5 heteroatoms. The summed E-state index contributed by atoms with van der Waals surface area (Å²) in [5, 5.41) is 9.02. The highest BCUT2D eigenvalue weighted by atomic mass is 35.5. The predicted molar refractivity (Wildman–Crippen MR) is 88.9 cm³/mol. The molecule has 1 N–H and O–H groups in total. The van der Waals surface area contributed by atoms with Gasteiger partial charge in [0, 0.05) is 19.0 Å². The van der Waals surface area contributed by atoms with Gasteiger partial charge < -0.3 is 10.0 Å². The summed E-state index contributed by atoms with van der Waals surface area (Å²) in [6.45, 7) is 1.64. The minimum atomic E-state index is -0.943. The summed E-state index contributed by atoms with van der Waals surface area (Å²) >= 11 is 12.9. The molecule has 0 aromatic heterocycles. The lowest BCUT2D eigenvalue weighted by Crippen LogP contribution is -2.39. The molecule has 0 saturated heterocycles. The minimum absolute atomic E-state index is 0.193. The Morgan fingerprint density at radius 3 is 2.64 bits per heavy atom. The number of carboxylic acid groups (broad SMARTS) is 1. The van der Waals surface area contributed by atoms with E-state index in [1.165, 1.54) is 5.57 Å². The van der Waals surface area contributed by atoms with Crippen molar-refractivity contribution < 1.29 is 9.90 Å². The second-order valence-corrected chi connectivity index (χ2v) is 7.30. The fourth-order valence-corrected chi connectivity index (χ4v) is 3.79. The van der Waals surface area contributed by atoms with Crippen molar-refractivity contribution in [3.05, 3.63) is 58.7 Å². The van der Waals surface area contributed by atoms with Crippen molar-refractivity contribution in [2.45, 2.75) is 16.7 Å². The molecular formula is C17H17Cl2NO2. The third-order valence-corrected chi connectivity index (χ3v) is 5.07. The average Bonchev–Trinajstić information content (AvgIpc) is 2.47. The minimum Gasteiger partial charge on any atom is -0.478 e. The van der Waals surface area contributed by atoms with E-state index in [1.54, 1.807) is 12.1 Å². The van der Waals surface area contributed by atoms with Crippen molar-refractivity contribution in [1.82, 2.24) is 4.90 Å². The van der Waals surface area contributed by atoms with Gasteiger partial charge in [-0.2, -0.15) is 0 Å². The summed E-state index contributed by atoms with van der Waals surface area (Å²) in [6, 6.07) is 7.08. The number of halogens is 2. The van der Waals surface area contributed by atoms with E-state index in [0.717, 1.165) is 30.6 Å². The monoisotopic (exact) mass is 337 g/mol. The van der Waals surface area contributed by atoms with E-state index < -0.39 is 10.3 Å². The van der Waals surface area contributed by atoms with Crippen molar-refractivity contribution in [2.24, 2.45) is 0 Å². The zero-order valence-electron chi connectivity index (χ0n) is 12.2. The molecule has 1 aliphatic carbocycles. The Labute approximate surface area is 139 Å². The lowest BCUT2D eigenvalue weighted by molar-refractivity contribution is 0.0697. The second kappa shape index (κ2) is 5.73. The van der Waals surface area contributed by atoms with Crippen LogP contribution in [0.3, 0.4) is 0 Å². The quantitative estimate of drug-likeness (QED) is 0.658. The number of hydrogen-bond acceptors (Lipinski definition) is 2. The number of allylic oxidation sites excluding steroid dienone is 2. The molecule has 1 aromatic carbocycles. The Kier molecular flexibility index (Phi) is 4.06. The molecule has 1 aliphatic heterocycles. The van der Waals surface area contributed by atoms with Gasteiger partial charge in [0.2, 0.25) is 0 Å². The van der Waals surface area contributed by atoms with Crippen LogP contribution in [0.1, 0.15) is 28.3 Å². The molecule has 3 rings (SSSR count). The van der Waals surface area contributed by atoms with Crippen molar-refractivity contribution in [1.29, 1.82) is 0 Å². The molecule has 3 nitrogen and oxygen atoms in total. The average molecular weight is 338 g/mol. The molecule has 1 atom stereocenters. The fourth-order valence-electron chi connectivity index (χ4n) is 3.25. The number of likely N-dealkylation sites (N-methyl/N-ethyl adjacent to an activating group) is 1. The number of nitrogens with zero attached hydrogens (tertiary/aromatic N) is 1. The summed E-state index contributed by atoms with van der Waals surface area (Å²) in [5.41, 5.74) is 3.71. The van der Waals surface area contributed by atoms with Crippen LogP contribution in [0.2, 0.25) is 0 Å². The Morgan fingerprint density at radius 2 is 2.00 bits per heavy atom. The topological polar surface area (TPSA) is 40.5 Å². The first kappa shape index (κ1) is 15.6. The predicted octanol–water partition coefficient (Wildman–Crippen LogP) is 3.84. The molecule has 1 unspecified atom stereocenters. The second-order valence-electron chi connectivity index (χ2n) is 5.91. The van der Waals surface area contributed by atoms with Gasteiger partial charge in [-0.3, -0.25) is 0 Å². The summed E-state index contributed by atoms with van der Waals surface area (Å²) in [4.78, 5) is 13.2. The first-order valence-corrected chi connectivity index (χ1v) is 7.94. The van der Waals surface area contributed by atoms with Crippen LogP contribution in [0.4, 0.5) is 0 Å². The Balaban J connectivity index is 2.00. The Hall–Kier alpha value is -1.29. The Morgan fingerprint density at radius 1 is 1.32 bits per heavy atom. The zero-order chi connectivity index (χ0) is 15.9. The SMILES string of the molecule is CN1CC2=C(CC=CC2(Cl)Cl)C(c2ccc(C(=O)O)cc2)C1. The van der Waals surface area contributed by atoms with Crippen LogP contribution in [0, 0.1) is 0 Å². The molecule has 2 aliphatic rings. The van der Waals surface area contributed by atoms with E-state index in [0.29, 0.717) is 5.56 Å². The molecule has 0 spiro atoms. The molecule has 0 bridgehead atoms. The van der Waals surface area contributed by atoms with Gasteiger partial charge in [0.15, 0.2) is 4.33 Å². The van der Waals surface area contributed by atoms with Crippen molar-refractivity contribution in [3.8, 4) is 0 Å². The maximum absolute atomic E-state index is 11.0. The third-order valence-electron chi connectivity index (χ3n) is 4.36. The first-order valence-electron chi connectivity index (χ1n) is 7.18. The van der Waals surface area contributed by atoms with E-state index >= 15 is 0 Å². The number of carbonyl (C=O) groups is 1. The summed E-state index contributed by atoms with van der Waals surface area (Å²) in [6.07, 6.45) is 4.71. The van der Waals surface area contributed by atoms with Gasteiger partial charge in [-0.15, -0.1) is 0 Å². The highest BCUT2D eigenvalue weighted by molar-refractivity contribution is 6.52. The van der Waals surface area contributed by atoms with Crippen molar-refractivity contribution >= 4 is 29.2 Å². The smallest absolute Gasteiger partial charge is 0.335 e. The molecule has 0 fully saturated rings. The van der Waals surface area contributed by atoms with Gasteiger partial charge in [-0.1, -0.05) is 47.0 Å². The molecule has 1 aromatic rings. The number of alkyl halides is 2. The third kappa shape index (κ3) is 2.81. The number of rotatable bonds is 2. The van der Waals surface area contributed by atoms with Crippen LogP contribution in [-0.4, -0.2) is 40.4 Å². The first-order chi connectivity index (χ1) is 10.4.